The van der Waals surface area contributed by atoms with Crippen molar-refractivity contribution < 1.29 is 24.1 Å². The molecule has 0 spiro atoms. The topological polar surface area (TPSA) is 65.0 Å². The fourth-order valence-corrected chi connectivity index (χ4v) is 2.63. The van der Waals surface area contributed by atoms with Gasteiger partial charge < -0.3 is 19.3 Å². The summed E-state index contributed by atoms with van der Waals surface area (Å²) in [6, 6.07) is 0. The first kappa shape index (κ1) is 13.8. The van der Waals surface area contributed by atoms with Crippen molar-refractivity contribution >= 4 is 5.97 Å². The van der Waals surface area contributed by atoms with Crippen LogP contribution >= 0.6 is 0 Å². The average molecular weight is 258 g/mol. The van der Waals surface area contributed by atoms with Crippen molar-refractivity contribution in [1.29, 1.82) is 0 Å². The molecule has 0 aliphatic carbocycles. The van der Waals surface area contributed by atoms with Gasteiger partial charge in [0.1, 0.15) is 18.3 Å². The van der Waals surface area contributed by atoms with Crippen molar-refractivity contribution in [2.45, 2.75) is 57.5 Å². The molecule has 0 aromatic carbocycles. The molecule has 5 atom stereocenters. The summed E-state index contributed by atoms with van der Waals surface area (Å²) in [5, 5.41) is 9.60. The molecule has 2 saturated heterocycles. The number of fused-ring (bicyclic) bond motifs is 1. The summed E-state index contributed by atoms with van der Waals surface area (Å²) >= 11 is 0. The van der Waals surface area contributed by atoms with Gasteiger partial charge >= 0.3 is 5.97 Å². The van der Waals surface area contributed by atoms with Crippen molar-refractivity contribution in [3.05, 3.63) is 0 Å². The zero-order valence-electron chi connectivity index (χ0n) is 11.0. The fraction of sp³-hybridized carbons (Fsp3) is 0.923. The van der Waals surface area contributed by atoms with E-state index in [1.807, 2.05) is 6.92 Å². The molecule has 5 nitrogen and oxygen atoms in total. The van der Waals surface area contributed by atoms with Crippen molar-refractivity contribution in [3.63, 3.8) is 0 Å². The lowest BCUT2D eigenvalue weighted by Gasteiger charge is -2.20. The lowest BCUT2D eigenvalue weighted by Crippen LogP contribution is -2.35. The van der Waals surface area contributed by atoms with E-state index in [1.54, 1.807) is 0 Å². The highest BCUT2D eigenvalue weighted by Crippen LogP contribution is 2.29. The molecule has 0 radical (unpaired) electrons. The van der Waals surface area contributed by atoms with Gasteiger partial charge in [-0.1, -0.05) is 20.3 Å². The molecular formula is C13H22O5. The zero-order chi connectivity index (χ0) is 13.1. The van der Waals surface area contributed by atoms with Crippen molar-refractivity contribution in [3.8, 4) is 0 Å². The Morgan fingerprint density at radius 2 is 2.06 bits per heavy atom. The van der Waals surface area contributed by atoms with Crippen LogP contribution in [0.2, 0.25) is 0 Å². The second kappa shape index (κ2) is 5.99. The van der Waals surface area contributed by atoms with Crippen LogP contribution in [-0.4, -0.2) is 48.7 Å². The summed E-state index contributed by atoms with van der Waals surface area (Å²) in [5.74, 6) is -0.209. The Bertz CT molecular complexity index is 293. The summed E-state index contributed by atoms with van der Waals surface area (Å²) < 4.78 is 16.3. The quantitative estimate of drug-likeness (QED) is 0.742. The molecule has 0 aromatic rings. The standard InChI is InChI=1S/C13H22O5/c1-3-5-8(4-2)13(15)18-10-7-17-11-9(14)6-16-12(10)11/h8-12,14H,3-7H2,1-2H3. The molecule has 0 saturated carbocycles. The molecule has 2 aliphatic rings. The van der Waals surface area contributed by atoms with Crippen LogP contribution in [-0.2, 0) is 19.0 Å². The minimum absolute atomic E-state index is 0.0413. The van der Waals surface area contributed by atoms with E-state index in [2.05, 4.69) is 6.92 Å². The molecule has 2 heterocycles. The monoisotopic (exact) mass is 258 g/mol. The van der Waals surface area contributed by atoms with Crippen LogP contribution in [0.4, 0.5) is 0 Å². The van der Waals surface area contributed by atoms with E-state index in [4.69, 9.17) is 14.2 Å². The molecule has 18 heavy (non-hydrogen) atoms. The molecule has 0 bridgehead atoms. The van der Waals surface area contributed by atoms with Gasteiger partial charge in [0, 0.05) is 0 Å². The van der Waals surface area contributed by atoms with E-state index in [1.165, 1.54) is 0 Å². The SMILES string of the molecule is CCCC(CC)C(=O)OC1COC2C(O)COC12. The van der Waals surface area contributed by atoms with Gasteiger partial charge in [0.2, 0.25) is 0 Å². The number of ether oxygens (including phenoxy) is 3. The van der Waals surface area contributed by atoms with E-state index in [9.17, 15) is 9.90 Å². The Kier molecular flexibility index (Phi) is 4.59. The summed E-state index contributed by atoms with van der Waals surface area (Å²) in [7, 11) is 0. The average Bonchev–Trinajstić information content (AvgIpc) is 2.91. The maximum absolute atomic E-state index is 12.0. The highest BCUT2D eigenvalue weighted by Gasteiger charge is 2.49. The minimum atomic E-state index is -0.601. The molecule has 0 aromatic heterocycles. The number of carbonyl (C=O) groups is 1. The van der Waals surface area contributed by atoms with Crippen LogP contribution in [0.5, 0.6) is 0 Å². The van der Waals surface area contributed by atoms with E-state index < -0.39 is 6.10 Å². The third-order valence-corrected chi connectivity index (χ3v) is 3.71. The fourth-order valence-electron chi connectivity index (χ4n) is 2.63. The Balaban J connectivity index is 1.88. The molecule has 2 rings (SSSR count). The van der Waals surface area contributed by atoms with Gasteiger partial charge in [0.25, 0.3) is 0 Å². The molecule has 2 fully saturated rings. The van der Waals surface area contributed by atoms with Gasteiger partial charge in [-0.2, -0.15) is 0 Å². The molecular weight excluding hydrogens is 236 g/mol. The highest BCUT2D eigenvalue weighted by molar-refractivity contribution is 5.72. The lowest BCUT2D eigenvalue weighted by atomic mass is 10.0. The van der Waals surface area contributed by atoms with Crippen LogP contribution in [0.25, 0.3) is 0 Å². The Hall–Kier alpha value is -0.650. The zero-order valence-corrected chi connectivity index (χ0v) is 11.0. The maximum atomic E-state index is 12.0. The molecule has 1 N–H and O–H groups in total. The maximum Gasteiger partial charge on any atom is 0.309 e. The van der Waals surface area contributed by atoms with E-state index in [-0.39, 0.29) is 36.8 Å². The van der Waals surface area contributed by atoms with Crippen LogP contribution in [0, 0.1) is 5.92 Å². The molecule has 2 aliphatic heterocycles. The van der Waals surface area contributed by atoms with Gasteiger partial charge in [0.15, 0.2) is 6.10 Å². The van der Waals surface area contributed by atoms with E-state index in [0.29, 0.717) is 6.61 Å². The molecule has 5 heteroatoms. The summed E-state index contributed by atoms with van der Waals surface area (Å²) in [5.41, 5.74) is 0. The Morgan fingerprint density at radius 3 is 2.72 bits per heavy atom. The smallest absolute Gasteiger partial charge is 0.309 e. The van der Waals surface area contributed by atoms with Gasteiger partial charge in [0.05, 0.1) is 19.1 Å². The van der Waals surface area contributed by atoms with Crippen LogP contribution < -0.4 is 0 Å². The van der Waals surface area contributed by atoms with Crippen LogP contribution in [0.3, 0.4) is 0 Å². The lowest BCUT2D eigenvalue weighted by molar-refractivity contribution is -0.159. The van der Waals surface area contributed by atoms with Crippen molar-refractivity contribution in [1.82, 2.24) is 0 Å². The van der Waals surface area contributed by atoms with Crippen molar-refractivity contribution in [2.24, 2.45) is 5.92 Å². The van der Waals surface area contributed by atoms with Gasteiger partial charge in [-0.25, -0.2) is 0 Å². The number of aliphatic hydroxyl groups is 1. The molecule has 104 valence electrons. The minimum Gasteiger partial charge on any atom is -0.457 e. The molecule has 5 unspecified atom stereocenters. The first-order chi connectivity index (χ1) is 8.67. The number of carbonyl (C=O) groups excluding carboxylic acids is 1. The van der Waals surface area contributed by atoms with Crippen LogP contribution in [0.15, 0.2) is 0 Å². The van der Waals surface area contributed by atoms with Crippen molar-refractivity contribution in [2.75, 3.05) is 13.2 Å². The number of hydrogen-bond acceptors (Lipinski definition) is 5. The summed E-state index contributed by atoms with van der Waals surface area (Å²) in [6.07, 6.45) is 0.993. The van der Waals surface area contributed by atoms with Crippen LogP contribution in [0.1, 0.15) is 33.1 Å². The van der Waals surface area contributed by atoms with E-state index in [0.717, 1.165) is 19.3 Å². The third-order valence-electron chi connectivity index (χ3n) is 3.71. The van der Waals surface area contributed by atoms with Gasteiger partial charge in [-0.3, -0.25) is 4.79 Å². The second-order valence-corrected chi connectivity index (χ2v) is 5.03. The highest BCUT2D eigenvalue weighted by atomic mass is 16.6. The summed E-state index contributed by atoms with van der Waals surface area (Å²) in [6.45, 7) is 4.63. The van der Waals surface area contributed by atoms with Gasteiger partial charge in [-0.15, -0.1) is 0 Å². The van der Waals surface area contributed by atoms with Gasteiger partial charge in [-0.05, 0) is 12.8 Å². The molecule has 0 amide bonds. The Morgan fingerprint density at radius 1 is 1.33 bits per heavy atom. The number of esters is 1. The normalized spacial score (nSPS) is 36.4. The predicted molar refractivity (Wildman–Crippen MR) is 64.1 cm³/mol. The number of rotatable bonds is 5. The number of hydrogen-bond donors (Lipinski definition) is 1. The third kappa shape index (κ3) is 2.68. The summed E-state index contributed by atoms with van der Waals surface area (Å²) in [4.78, 5) is 12.0. The second-order valence-electron chi connectivity index (χ2n) is 5.03. The van der Waals surface area contributed by atoms with E-state index >= 15 is 0 Å². The first-order valence-electron chi connectivity index (χ1n) is 6.79. The first-order valence-corrected chi connectivity index (χ1v) is 6.79. The Labute approximate surface area is 107 Å². The number of aliphatic hydroxyl groups excluding tert-OH is 1. The largest absolute Gasteiger partial charge is 0.457 e. The predicted octanol–water partition coefficient (Wildman–Crippen LogP) is 0.883.